The van der Waals surface area contributed by atoms with E-state index in [-0.39, 0.29) is 13.2 Å². The average molecular weight is 417 g/mol. The van der Waals surface area contributed by atoms with Crippen molar-refractivity contribution in [3.8, 4) is 0 Å². The van der Waals surface area contributed by atoms with Crippen molar-refractivity contribution in [2.24, 2.45) is 5.92 Å². The molecule has 0 bridgehead atoms. The molecule has 156 valence electrons. The predicted molar refractivity (Wildman–Crippen MR) is 86.7 cm³/mol. The SMILES string of the molecule is CCOC(=O)C1=C(OS(=O)(=O)C(F)(F)F)[C@H](C)CN(C(=O)OC(C)(C)C)C1. The van der Waals surface area contributed by atoms with Crippen molar-refractivity contribution < 1.29 is 44.8 Å². The second-order valence-electron chi connectivity index (χ2n) is 6.81. The zero-order valence-corrected chi connectivity index (χ0v) is 16.4. The number of carbonyl (C=O) groups excluding carboxylic acids is 2. The average Bonchev–Trinajstić information content (AvgIpc) is 2.46. The lowest BCUT2D eigenvalue weighted by Gasteiger charge is -2.34. The van der Waals surface area contributed by atoms with Crippen molar-refractivity contribution in [2.75, 3.05) is 19.7 Å². The fraction of sp³-hybridized carbons (Fsp3) is 0.733. The van der Waals surface area contributed by atoms with E-state index in [9.17, 15) is 31.2 Å². The van der Waals surface area contributed by atoms with E-state index < -0.39 is 57.1 Å². The fourth-order valence-electron chi connectivity index (χ4n) is 2.19. The van der Waals surface area contributed by atoms with E-state index >= 15 is 0 Å². The van der Waals surface area contributed by atoms with Gasteiger partial charge in [-0.15, -0.1) is 0 Å². The van der Waals surface area contributed by atoms with Gasteiger partial charge >= 0.3 is 27.7 Å². The molecule has 0 aromatic carbocycles. The van der Waals surface area contributed by atoms with Crippen LogP contribution in [0.4, 0.5) is 18.0 Å². The minimum absolute atomic E-state index is 0.109. The highest BCUT2D eigenvalue weighted by molar-refractivity contribution is 7.87. The molecule has 8 nitrogen and oxygen atoms in total. The number of hydrogen-bond donors (Lipinski definition) is 0. The maximum Gasteiger partial charge on any atom is 0.534 e. The Balaban J connectivity index is 3.28. The molecule has 0 aliphatic carbocycles. The number of rotatable bonds is 4. The first kappa shape index (κ1) is 23.1. The van der Waals surface area contributed by atoms with Gasteiger partial charge in [0.1, 0.15) is 11.4 Å². The standard InChI is InChI=1S/C15H22F3NO7S/c1-6-24-12(20)10-8-19(13(21)25-14(3,4)5)7-9(2)11(10)26-27(22,23)15(16,17)18/h9H,6-8H2,1-5H3/t9-/m1/s1. The molecule has 1 atom stereocenters. The van der Waals surface area contributed by atoms with Gasteiger partial charge in [-0.1, -0.05) is 6.92 Å². The molecule has 27 heavy (non-hydrogen) atoms. The van der Waals surface area contributed by atoms with E-state index in [0.717, 1.165) is 4.90 Å². The third-order valence-electron chi connectivity index (χ3n) is 3.24. The van der Waals surface area contributed by atoms with Crippen LogP contribution >= 0.6 is 0 Å². The van der Waals surface area contributed by atoms with Gasteiger partial charge in [-0.3, -0.25) is 0 Å². The summed E-state index contributed by atoms with van der Waals surface area (Å²) in [5.41, 5.74) is -7.00. The Morgan fingerprint density at radius 1 is 1.22 bits per heavy atom. The summed E-state index contributed by atoms with van der Waals surface area (Å²) in [6.45, 7) is 6.80. The van der Waals surface area contributed by atoms with Gasteiger partial charge in [-0.25, -0.2) is 9.59 Å². The Bertz CT molecular complexity index is 723. The molecule has 0 saturated heterocycles. The number of hydrogen-bond acceptors (Lipinski definition) is 7. The number of nitrogens with zero attached hydrogens (tertiary/aromatic N) is 1. The summed E-state index contributed by atoms with van der Waals surface area (Å²) in [5, 5.41) is 0. The monoisotopic (exact) mass is 417 g/mol. The van der Waals surface area contributed by atoms with Crippen molar-refractivity contribution >= 4 is 22.2 Å². The second-order valence-corrected chi connectivity index (χ2v) is 8.35. The first-order valence-electron chi connectivity index (χ1n) is 7.98. The molecule has 12 heteroatoms. The van der Waals surface area contributed by atoms with E-state index in [1.807, 2.05) is 0 Å². The fourth-order valence-corrected chi connectivity index (χ4v) is 2.79. The summed E-state index contributed by atoms with van der Waals surface area (Å²) < 4.78 is 74.8. The minimum Gasteiger partial charge on any atom is -0.462 e. The van der Waals surface area contributed by atoms with Crippen molar-refractivity contribution in [1.82, 2.24) is 4.90 Å². The lowest BCUT2D eigenvalue weighted by molar-refractivity contribution is -0.139. The third kappa shape index (κ3) is 6.01. The van der Waals surface area contributed by atoms with Gasteiger partial charge in [0.2, 0.25) is 0 Å². The summed E-state index contributed by atoms with van der Waals surface area (Å²) in [6.07, 6.45) is -0.811. The Labute approximate surface area is 155 Å². The van der Waals surface area contributed by atoms with Crippen LogP contribution in [0.2, 0.25) is 0 Å². The van der Waals surface area contributed by atoms with E-state index in [4.69, 9.17) is 9.47 Å². The predicted octanol–water partition coefficient (Wildman–Crippen LogP) is 2.56. The van der Waals surface area contributed by atoms with Gasteiger partial charge in [0.15, 0.2) is 0 Å². The van der Waals surface area contributed by atoms with Crippen LogP contribution in [0.1, 0.15) is 34.6 Å². The Hall–Kier alpha value is -1.98. The molecule has 0 N–H and O–H groups in total. The number of carbonyl (C=O) groups is 2. The molecule has 1 amide bonds. The molecule has 0 fully saturated rings. The van der Waals surface area contributed by atoms with Crippen LogP contribution in [0.15, 0.2) is 11.3 Å². The van der Waals surface area contributed by atoms with E-state index in [0.29, 0.717) is 0 Å². The molecule has 0 aromatic rings. The molecular weight excluding hydrogens is 395 g/mol. The van der Waals surface area contributed by atoms with Gasteiger partial charge < -0.3 is 18.6 Å². The lowest BCUT2D eigenvalue weighted by atomic mass is 9.99. The molecule has 1 aliphatic rings. The second kappa shape index (κ2) is 7.95. The topological polar surface area (TPSA) is 99.2 Å². The van der Waals surface area contributed by atoms with E-state index in [1.54, 1.807) is 20.8 Å². The number of halogens is 3. The van der Waals surface area contributed by atoms with Gasteiger partial charge in [0.25, 0.3) is 0 Å². The highest BCUT2D eigenvalue weighted by Gasteiger charge is 2.50. The van der Waals surface area contributed by atoms with Crippen LogP contribution in [-0.2, 0) is 28.6 Å². The van der Waals surface area contributed by atoms with Crippen LogP contribution in [-0.4, -0.2) is 56.2 Å². The molecule has 0 saturated carbocycles. The van der Waals surface area contributed by atoms with Crippen molar-refractivity contribution in [3.63, 3.8) is 0 Å². The summed E-state index contributed by atoms with van der Waals surface area (Å²) in [6, 6.07) is 0. The highest BCUT2D eigenvalue weighted by Crippen LogP contribution is 2.33. The number of esters is 1. The van der Waals surface area contributed by atoms with Gasteiger partial charge in [0.05, 0.1) is 18.7 Å². The van der Waals surface area contributed by atoms with E-state index in [1.165, 1.54) is 13.8 Å². The summed E-state index contributed by atoms with van der Waals surface area (Å²) >= 11 is 0. The molecule has 1 rings (SSSR count). The molecule has 0 radical (unpaired) electrons. The van der Waals surface area contributed by atoms with Crippen LogP contribution < -0.4 is 0 Å². The largest absolute Gasteiger partial charge is 0.534 e. The van der Waals surface area contributed by atoms with E-state index in [2.05, 4.69) is 4.18 Å². The van der Waals surface area contributed by atoms with Crippen molar-refractivity contribution in [1.29, 1.82) is 0 Å². The smallest absolute Gasteiger partial charge is 0.462 e. The zero-order valence-electron chi connectivity index (χ0n) is 15.5. The Morgan fingerprint density at radius 3 is 2.22 bits per heavy atom. The lowest BCUT2D eigenvalue weighted by Crippen LogP contribution is -2.45. The van der Waals surface area contributed by atoms with Crippen LogP contribution in [0.3, 0.4) is 0 Å². The number of alkyl halides is 3. The van der Waals surface area contributed by atoms with Gasteiger partial charge in [-0.2, -0.15) is 21.6 Å². The Kier molecular flexibility index (Phi) is 6.79. The number of ether oxygens (including phenoxy) is 2. The van der Waals surface area contributed by atoms with Crippen LogP contribution in [0.5, 0.6) is 0 Å². The maximum absolute atomic E-state index is 12.6. The van der Waals surface area contributed by atoms with Crippen LogP contribution in [0, 0.1) is 5.92 Å². The van der Waals surface area contributed by atoms with Gasteiger partial charge in [-0.05, 0) is 27.7 Å². The summed E-state index contributed by atoms with van der Waals surface area (Å²) in [5.74, 6) is -2.81. The third-order valence-corrected chi connectivity index (χ3v) is 4.21. The first-order chi connectivity index (χ1) is 12.1. The van der Waals surface area contributed by atoms with Crippen LogP contribution in [0.25, 0.3) is 0 Å². The summed E-state index contributed by atoms with van der Waals surface area (Å²) in [4.78, 5) is 25.4. The molecule has 0 spiro atoms. The first-order valence-corrected chi connectivity index (χ1v) is 9.38. The zero-order chi connectivity index (χ0) is 21.2. The molecule has 0 aromatic heterocycles. The van der Waals surface area contributed by atoms with Crippen molar-refractivity contribution in [2.45, 2.75) is 45.7 Å². The normalized spacial score (nSPS) is 19.0. The van der Waals surface area contributed by atoms with Crippen molar-refractivity contribution in [3.05, 3.63) is 11.3 Å². The maximum atomic E-state index is 12.6. The summed E-state index contributed by atoms with van der Waals surface area (Å²) in [7, 11) is -5.98. The highest BCUT2D eigenvalue weighted by atomic mass is 32.2. The van der Waals surface area contributed by atoms with Gasteiger partial charge in [0, 0.05) is 12.5 Å². The molecular formula is C15H22F3NO7S. The minimum atomic E-state index is -5.98. The quantitative estimate of drug-likeness (QED) is 0.394. The molecule has 1 aliphatic heterocycles. The molecule has 0 unspecified atom stereocenters. The Morgan fingerprint density at radius 2 is 1.78 bits per heavy atom. The number of amides is 1. The molecule has 1 heterocycles.